The number of allylic oxidation sites excluding steroid dienone is 4. The summed E-state index contributed by atoms with van der Waals surface area (Å²) in [4.78, 5) is 10.5. The van der Waals surface area contributed by atoms with Gasteiger partial charge in [0.05, 0.1) is 0 Å². The molecule has 0 radical (unpaired) electrons. The Hall–Kier alpha value is -1.09. The van der Waals surface area contributed by atoms with Crippen LogP contribution in [0.2, 0.25) is 0 Å². The zero-order valence-electron chi connectivity index (χ0n) is 14.6. The molecule has 1 rings (SSSR count). The average Bonchev–Trinajstić information content (AvgIpc) is 2.97. The van der Waals surface area contributed by atoms with E-state index in [1.807, 2.05) is 6.08 Å². The van der Waals surface area contributed by atoms with Gasteiger partial charge in [-0.1, -0.05) is 56.9 Å². The molecule has 0 aromatic rings. The van der Waals surface area contributed by atoms with Gasteiger partial charge in [0.25, 0.3) is 0 Å². The molecule has 0 spiro atoms. The molecule has 2 N–H and O–H groups in total. The molecule has 0 heterocycles. The molecule has 1 saturated carbocycles. The van der Waals surface area contributed by atoms with Crippen molar-refractivity contribution in [2.45, 2.75) is 83.7 Å². The van der Waals surface area contributed by atoms with E-state index in [0.717, 1.165) is 18.3 Å². The number of aliphatic hydroxyl groups is 1. The highest BCUT2D eigenvalue weighted by atomic mass is 16.4. The topological polar surface area (TPSA) is 57.5 Å². The Kier molecular flexibility index (Phi) is 10.7. The van der Waals surface area contributed by atoms with Gasteiger partial charge in [-0.3, -0.25) is 0 Å². The number of carbonyl (C=O) groups is 1. The Labute approximate surface area is 141 Å². The number of rotatable bonds is 12. The lowest BCUT2D eigenvalue weighted by molar-refractivity contribution is -0.146. The molecule has 132 valence electrons. The van der Waals surface area contributed by atoms with Crippen LogP contribution in [-0.2, 0) is 4.79 Å². The molecule has 1 fully saturated rings. The summed E-state index contributed by atoms with van der Waals surface area (Å²) in [5, 5.41) is 17.8. The molecule has 0 amide bonds. The Morgan fingerprint density at radius 1 is 1.13 bits per heavy atom. The molecule has 23 heavy (non-hydrogen) atoms. The van der Waals surface area contributed by atoms with Crippen molar-refractivity contribution >= 4 is 5.97 Å². The van der Waals surface area contributed by atoms with Crippen LogP contribution in [0.25, 0.3) is 0 Å². The first kappa shape index (κ1) is 20.0. The Balaban J connectivity index is 2.19. The van der Waals surface area contributed by atoms with Gasteiger partial charge in [-0.2, -0.15) is 0 Å². The minimum Gasteiger partial charge on any atom is -0.479 e. The monoisotopic (exact) mass is 322 g/mol. The minimum absolute atomic E-state index is 0.303. The molecule has 0 aromatic carbocycles. The minimum atomic E-state index is -1.23. The normalized spacial score (nSPS) is 23.0. The first-order valence-corrected chi connectivity index (χ1v) is 9.37. The van der Waals surface area contributed by atoms with Gasteiger partial charge in [-0.25, -0.2) is 4.79 Å². The van der Waals surface area contributed by atoms with Crippen molar-refractivity contribution in [2.75, 3.05) is 0 Å². The fourth-order valence-corrected chi connectivity index (χ4v) is 3.34. The fraction of sp³-hybridized carbons (Fsp3) is 0.750. The summed E-state index contributed by atoms with van der Waals surface area (Å²) in [5.41, 5.74) is 0. The molecule has 0 saturated heterocycles. The van der Waals surface area contributed by atoms with Crippen molar-refractivity contribution in [1.82, 2.24) is 0 Å². The third kappa shape index (κ3) is 8.95. The Morgan fingerprint density at radius 3 is 2.70 bits per heavy atom. The number of aliphatic carboxylic acids is 1. The summed E-state index contributed by atoms with van der Waals surface area (Å²) < 4.78 is 0. The van der Waals surface area contributed by atoms with Crippen LogP contribution < -0.4 is 0 Å². The molecule has 1 aliphatic rings. The van der Waals surface area contributed by atoms with Gasteiger partial charge in [-0.15, -0.1) is 0 Å². The fourth-order valence-electron chi connectivity index (χ4n) is 3.34. The summed E-state index contributed by atoms with van der Waals surface area (Å²) in [6.07, 6.45) is 20.2. The molecular formula is C20H34O3. The van der Waals surface area contributed by atoms with E-state index in [2.05, 4.69) is 25.2 Å². The maximum atomic E-state index is 10.5. The van der Waals surface area contributed by atoms with Gasteiger partial charge >= 0.3 is 5.97 Å². The van der Waals surface area contributed by atoms with E-state index in [1.165, 1.54) is 51.4 Å². The number of carboxylic acid groups (broad SMARTS) is 1. The summed E-state index contributed by atoms with van der Waals surface area (Å²) in [6, 6.07) is 0. The van der Waals surface area contributed by atoms with Crippen molar-refractivity contribution in [3.63, 3.8) is 0 Å². The van der Waals surface area contributed by atoms with E-state index in [0.29, 0.717) is 12.8 Å². The van der Waals surface area contributed by atoms with E-state index in [4.69, 9.17) is 5.11 Å². The molecule has 1 aliphatic carbocycles. The summed E-state index contributed by atoms with van der Waals surface area (Å²) in [5.74, 6) is 0.330. The van der Waals surface area contributed by atoms with Gasteiger partial charge in [0.2, 0.25) is 0 Å². The third-order valence-electron chi connectivity index (χ3n) is 4.82. The second-order valence-corrected chi connectivity index (χ2v) is 6.77. The largest absolute Gasteiger partial charge is 0.479 e. The molecular weight excluding hydrogens is 288 g/mol. The summed E-state index contributed by atoms with van der Waals surface area (Å²) in [7, 11) is 0. The molecule has 3 nitrogen and oxygen atoms in total. The molecule has 0 bridgehead atoms. The standard InChI is InChI=1S/C20H34O3/c1-2-3-4-5-6-8-12-17-14-11-15-18(17)13-9-7-10-16-19(21)20(22)23/h7-9,12,17-19,21H,2-6,10-11,13-16H2,1H3,(H,22,23)/b9-7-,12-8+/t17-,18-,19?/m0/s1. The van der Waals surface area contributed by atoms with Crippen molar-refractivity contribution < 1.29 is 15.0 Å². The Bertz CT molecular complexity index is 373. The summed E-state index contributed by atoms with van der Waals surface area (Å²) >= 11 is 0. The smallest absolute Gasteiger partial charge is 0.332 e. The first-order chi connectivity index (χ1) is 11.1. The number of hydrogen-bond acceptors (Lipinski definition) is 2. The van der Waals surface area contributed by atoms with E-state index in [-0.39, 0.29) is 0 Å². The highest BCUT2D eigenvalue weighted by Gasteiger charge is 2.23. The Morgan fingerprint density at radius 2 is 1.96 bits per heavy atom. The number of unbranched alkanes of at least 4 members (excludes halogenated alkanes) is 4. The zero-order chi connectivity index (χ0) is 16.9. The highest BCUT2D eigenvalue weighted by molar-refractivity contribution is 5.71. The van der Waals surface area contributed by atoms with Crippen molar-refractivity contribution in [1.29, 1.82) is 0 Å². The van der Waals surface area contributed by atoms with Crippen molar-refractivity contribution in [3.8, 4) is 0 Å². The van der Waals surface area contributed by atoms with Crippen LogP contribution in [-0.4, -0.2) is 22.3 Å². The van der Waals surface area contributed by atoms with Gasteiger partial charge in [0, 0.05) is 0 Å². The highest BCUT2D eigenvalue weighted by Crippen LogP contribution is 2.35. The lowest BCUT2D eigenvalue weighted by Gasteiger charge is -2.14. The van der Waals surface area contributed by atoms with Crippen LogP contribution in [0, 0.1) is 11.8 Å². The zero-order valence-corrected chi connectivity index (χ0v) is 14.6. The first-order valence-electron chi connectivity index (χ1n) is 9.37. The third-order valence-corrected chi connectivity index (χ3v) is 4.82. The predicted molar refractivity (Wildman–Crippen MR) is 95.4 cm³/mol. The maximum absolute atomic E-state index is 10.5. The predicted octanol–water partition coefficient (Wildman–Crippen LogP) is 5.10. The lowest BCUT2D eigenvalue weighted by atomic mass is 9.92. The second kappa shape index (κ2) is 12.3. The van der Waals surface area contributed by atoms with Gasteiger partial charge in [-0.05, 0) is 56.8 Å². The van der Waals surface area contributed by atoms with E-state index >= 15 is 0 Å². The molecule has 3 heteroatoms. The average molecular weight is 322 g/mol. The van der Waals surface area contributed by atoms with E-state index in [9.17, 15) is 9.90 Å². The van der Waals surface area contributed by atoms with Crippen molar-refractivity contribution in [2.24, 2.45) is 11.8 Å². The quantitative estimate of drug-likeness (QED) is 0.388. The molecule has 1 unspecified atom stereocenters. The van der Waals surface area contributed by atoms with Crippen LogP contribution in [0.5, 0.6) is 0 Å². The van der Waals surface area contributed by atoms with Gasteiger partial charge < -0.3 is 10.2 Å². The van der Waals surface area contributed by atoms with Gasteiger partial charge in [0.1, 0.15) is 0 Å². The molecule has 3 atom stereocenters. The molecule has 0 aliphatic heterocycles. The molecule has 0 aromatic heterocycles. The van der Waals surface area contributed by atoms with Crippen LogP contribution in [0.15, 0.2) is 24.3 Å². The number of carboxylic acids is 1. The van der Waals surface area contributed by atoms with Crippen LogP contribution in [0.1, 0.15) is 77.6 Å². The van der Waals surface area contributed by atoms with Crippen LogP contribution in [0.3, 0.4) is 0 Å². The SMILES string of the molecule is CCCCCC/C=C/[C@H]1CCC[C@@H]1C/C=C\CCC(O)C(=O)O. The lowest BCUT2D eigenvalue weighted by Crippen LogP contribution is -2.18. The van der Waals surface area contributed by atoms with E-state index < -0.39 is 12.1 Å². The van der Waals surface area contributed by atoms with Crippen molar-refractivity contribution in [3.05, 3.63) is 24.3 Å². The number of hydrogen-bond donors (Lipinski definition) is 2. The van der Waals surface area contributed by atoms with E-state index in [1.54, 1.807) is 0 Å². The number of aliphatic hydroxyl groups excluding tert-OH is 1. The van der Waals surface area contributed by atoms with Crippen LogP contribution >= 0.6 is 0 Å². The van der Waals surface area contributed by atoms with Gasteiger partial charge in [0.15, 0.2) is 6.10 Å². The second-order valence-electron chi connectivity index (χ2n) is 6.77. The van der Waals surface area contributed by atoms with Crippen LogP contribution in [0.4, 0.5) is 0 Å². The maximum Gasteiger partial charge on any atom is 0.332 e. The summed E-state index contributed by atoms with van der Waals surface area (Å²) in [6.45, 7) is 2.24.